The van der Waals surface area contributed by atoms with Crippen LogP contribution in [-0.4, -0.2) is 16.1 Å². The van der Waals surface area contributed by atoms with Gasteiger partial charge in [-0.3, -0.25) is 9.89 Å². The largest absolute Gasteiger partial charge is 0.311 e. The molecule has 0 saturated heterocycles. The second kappa shape index (κ2) is 3.48. The smallest absolute Gasteiger partial charge is 0.226 e. The molecule has 0 spiro atoms. The van der Waals surface area contributed by atoms with E-state index in [0.29, 0.717) is 6.42 Å². The molecule has 0 fully saturated rings. The number of amides is 1. The number of hydrogen-bond acceptors (Lipinski definition) is 2. The molecule has 2 aromatic rings. The number of fused-ring (bicyclic) bond motifs is 1. The minimum Gasteiger partial charge on any atom is -0.311 e. The maximum atomic E-state index is 11.5. The standard InChI is InChI=1S/C12H11N3O/c16-11-6-9(8-4-2-1-3-5-8)10-7-13-15-12(10)14-11/h1-5,7,9H,6H2,(H2,13,14,15,16). The third kappa shape index (κ3) is 1.39. The van der Waals surface area contributed by atoms with E-state index in [4.69, 9.17) is 0 Å². The highest BCUT2D eigenvalue weighted by Crippen LogP contribution is 2.35. The number of carbonyl (C=O) groups is 1. The van der Waals surface area contributed by atoms with E-state index in [0.717, 1.165) is 16.9 Å². The summed E-state index contributed by atoms with van der Waals surface area (Å²) in [4.78, 5) is 11.5. The highest BCUT2D eigenvalue weighted by Gasteiger charge is 2.27. The molecule has 16 heavy (non-hydrogen) atoms. The molecule has 0 radical (unpaired) electrons. The molecule has 3 rings (SSSR count). The topological polar surface area (TPSA) is 57.8 Å². The number of benzene rings is 1. The zero-order valence-corrected chi connectivity index (χ0v) is 8.60. The van der Waals surface area contributed by atoms with Crippen molar-refractivity contribution >= 4 is 11.7 Å². The van der Waals surface area contributed by atoms with Crippen molar-refractivity contribution in [1.82, 2.24) is 10.2 Å². The zero-order chi connectivity index (χ0) is 11.0. The Balaban J connectivity index is 2.07. The van der Waals surface area contributed by atoms with Gasteiger partial charge in [0.15, 0.2) is 0 Å². The Kier molecular flexibility index (Phi) is 1.99. The van der Waals surface area contributed by atoms with Crippen LogP contribution >= 0.6 is 0 Å². The van der Waals surface area contributed by atoms with Crippen LogP contribution < -0.4 is 5.32 Å². The van der Waals surface area contributed by atoms with Gasteiger partial charge in [0.2, 0.25) is 5.91 Å². The normalized spacial score (nSPS) is 19.0. The first-order chi connectivity index (χ1) is 7.84. The third-order valence-corrected chi connectivity index (χ3v) is 2.90. The van der Waals surface area contributed by atoms with Crippen LogP contribution in [-0.2, 0) is 4.79 Å². The van der Waals surface area contributed by atoms with Crippen molar-refractivity contribution in [2.45, 2.75) is 12.3 Å². The minimum absolute atomic E-state index is 0.0330. The number of hydrogen-bond donors (Lipinski definition) is 2. The summed E-state index contributed by atoms with van der Waals surface area (Å²) in [5.41, 5.74) is 2.21. The highest BCUT2D eigenvalue weighted by molar-refractivity contribution is 5.94. The molecule has 2 heterocycles. The van der Waals surface area contributed by atoms with Gasteiger partial charge in [-0.15, -0.1) is 0 Å². The number of rotatable bonds is 1. The number of nitrogens with one attached hydrogen (secondary N) is 2. The first-order valence-electron chi connectivity index (χ1n) is 5.22. The molecule has 1 unspecified atom stereocenters. The summed E-state index contributed by atoms with van der Waals surface area (Å²) in [6.07, 6.45) is 2.27. The Labute approximate surface area is 92.7 Å². The summed E-state index contributed by atoms with van der Waals surface area (Å²) < 4.78 is 0. The van der Waals surface area contributed by atoms with Gasteiger partial charge in [0.05, 0.1) is 6.20 Å². The fourth-order valence-electron chi connectivity index (χ4n) is 2.13. The fourth-order valence-corrected chi connectivity index (χ4v) is 2.13. The molecule has 4 heteroatoms. The Morgan fingerprint density at radius 1 is 1.25 bits per heavy atom. The lowest BCUT2D eigenvalue weighted by Crippen LogP contribution is -2.22. The Bertz CT molecular complexity index is 518. The summed E-state index contributed by atoms with van der Waals surface area (Å²) in [5, 5.41) is 9.56. The van der Waals surface area contributed by atoms with E-state index in [1.165, 1.54) is 0 Å². The summed E-state index contributed by atoms with van der Waals surface area (Å²) in [6, 6.07) is 10.0. The predicted molar refractivity (Wildman–Crippen MR) is 60.1 cm³/mol. The number of anilines is 1. The van der Waals surface area contributed by atoms with Crippen LogP contribution in [0.3, 0.4) is 0 Å². The van der Waals surface area contributed by atoms with Gasteiger partial charge in [-0.25, -0.2) is 0 Å². The van der Waals surface area contributed by atoms with Crippen LogP contribution in [0.1, 0.15) is 23.5 Å². The van der Waals surface area contributed by atoms with Crippen LogP contribution in [0.25, 0.3) is 0 Å². The van der Waals surface area contributed by atoms with E-state index in [-0.39, 0.29) is 11.8 Å². The number of H-pyrrole nitrogens is 1. The van der Waals surface area contributed by atoms with Crippen LogP contribution in [0, 0.1) is 0 Å². The van der Waals surface area contributed by atoms with Gasteiger partial charge in [-0.1, -0.05) is 30.3 Å². The van der Waals surface area contributed by atoms with Gasteiger partial charge < -0.3 is 5.32 Å². The molecule has 1 aromatic heterocycles. The number of carbonyl (C=O) groups excluding carboxylic acids is 1. The van der Waals surface area contributed by atoms with E-state index in [1.807, 2.05) is 30.3 Å². The van der Waals surface area contributed by atoms with Gasteiger partial charge in [-0.05, 0) is 5.56 Å². The van der Waals surface area contributed by atoms with Crippen molar-refractivity contribution in [3.63, 3.8) is 0 Å². The maximum absolute atomic E-state index is 11.5. The summed E-state index contributed by atoms with van der Waals surface area (Å²) >= 11 is 0. The Morgan fingerprint density at radius 3 is 2.88 bits per heavy atom. The average Bonchev–Trinajstić information content (AvgIpc) is 2.77. The molecule has 0 aliphatic carbocycles. The molecule has 4 nitrogen and oxygen atoms in total. The molecule has 2 N–H and O–H groups in total. The van der Waals surface area contributed by atoms with Gasteiger partial charge in [0, 0.05) is 17.9 Å². The first kappa shape index (κ1) is 9.15. The molecule has 1 aromatic carbocycles. The van der Waals surface area contributed by atoms with Crippen molar-refractivity contribution in [2.24, 2.45) is 0 Å². The summed E-state index contributed by atoms with van der Waals surface area (Å²) in [5.74, 6) is 0.874. The van der Waals surface area contributed by atoms with Gasteiger partial charge >= 0.3 is 0 Å². The predicted octanol–water partition coefficient (Wildman–Crippen LogP) is 1.88. The Morgan fingerprint density at radius 2 is 2.06 bits per heavy atom. The molecule has 0 bridgehead atoms. The summed E-state index contributed by atoms with van der Waals surface area (Å²) in [6.45, 7) is 0. The average molecular weight is 213 g/mol. The maximum Gasteiger partial charge on any atom is 0.226 e. The van der Waals surface area contributed by atoms with Crippen LogP contribution in [0.4, 0.5) is 5.82 Å². The third-order valence-electron chi connectivity index (χ3n) is 2.90. The number of nitrogens with zero attached hydrogens (tertiary/aromatic N) is 1. The van der Waals surface area contributed by atoms with Crippen molar-refractivity contribution < 1.29 is 4.79 Å². The molecule has 1 atom stereocenters. The SMILES string of the molecule is O=C1CC(c2ccccc2)c2cn[nH]c2N1. The van der Waals surface area contributed by atoms with Crippen molar-refractivity contribution in [3.05, 3.63) is 47.7 Å². The Hall–Kier alpha value is -2.10. The van der Waals surface area contributed by atoms with Crippen molar-refractivity contribution in [1.29, 1.82) is 0 Å². The quantitative estimate of drug-likeness (QED) is 0.759. The van der Waals surface area contributed by atoms with E-state index >= 15 is 0 Å². The molecule has 1 amide bonds. The zero-order valence-electron chi connectivity index (χ0n) is 8.60. The lowest BCUT2D eigenvalue weighted by Gasteiger charge is -2.22. The second-order valence-electron chi connectivity index (χ2n) is 3.92. The molecule has 1 aliphatic heterocycles. The van der Waals surface area contributed by atoms with Crippen LogP contribution in [0.15, 0.2) is 36.5 Å². The van der Waals surface area contributed by atoms with E-state index in [2.05, 4.69) is 15.5 Å². The molecule has 80 valence electrons. The second-order valence-corrected chi connectivity index (χ2v) is 3.92. The van der Waals surface area contributed by atoms with Gasteiger partial charge in [0.25, 0.3) is 0 Å². The lowest BCUT2D eigenvalue weighted by atomic mass is 9.87. The van der Waals surface area contributed by atoms with E-state index < -0.39 is 0 Å². The van der Waals surface area contributed by atoms with E-state index in [9.17, 15) is 4.79 Å². The molecule has 1 aliphatic rings. The number of aromatic nitrogens is 2. The summed E-state index contributed by atoms with van der Waals surface area (Å²) in [7, 11) is 0. The van der Waals surface area contributed by atoms with Crippen molar-refractivity contribution in [3.8, 4) is 0 Å². The van der Waals surface area contributed by atoms with Crippen LogP contribution in [0.2, 0.25) is 0 Å². The van der Waals surface area contributed by atoms with E-state index in [1.54, 1.807) is 6.20 Å². The van der Waals surface area contributed by atoms with Gasteiger partial charge in [0.1, 0.15) is 5.82 Å². The monoisotopic (exact) mass is 213 g/mol. The minimum atomic E-state index is 0.0330. The molecular formula is C12H11N3O. The number of aromatic amines is 1. The first-order valence-corrected chi connectivity index (χ1v) is 5.22. The van der Waals surface area contributed by atoms with Gasteiger partial charge in [-0.2, -0.15) is 5.10 Å². The highest BCUT2D eigenvalue weighted by atomic mass is 16.1. The van der Waals surface area contributed by atoms with Crippen LogP contribution in [0.5, 0.6) is 0 Å². The molecular weight excluding hydrogens is 202 g/mol. The van der Waals surface area contributed by atoms with Crippen molar-refractivity contribution in [2.75, 3.05) is 5.32 Å². The fraction of sp³-hybridized carbons (Fsp3) is 0.167. The molecule has 0 saturated carbocycles. The lowest BCUT2D eigenvalue weighted by molar-refractivity contribution is -0.116.